The van der Waals surface area contributed by atoms with Crippen LogP contribution in [-0.4, -0.2) is 18.5 Å². The van der Waals surface area contributed by atoms with E-state index in [0.29, 0.717) is 6.54 Å². The number of halogens is 1. The van der Waals surface area contributed by atoms with Crippen molar-refractivity contribution in [1.29, 1.82) is 0 Å². The maximum Gasteiger partial charge on any atom is 0.236 e. The number of carbonyl (C=O) groups excluding carboxylic acids is 1. The summed E-state index contributed by atoms with van der Waals surface area (Å²) in [7, 11) is 0. The molecule has 80 valence electrons. The van der Waals surface area contributed by atoms with Crippen molar-refractivity contribution in [1.82, 2.24) is 10.6 Å². The van der Waals surface area contributed by atoms with E-state index in [4.69, 9.17) is 0 Å². The third kappa shape index (κ3) is 2.15. The van der Waals surface area contributed by atoms with Crippen LogP contribution in [-0.2, 0) is 4.79 Å². The maximum absolute atomic E-state index is 12.7. The lowest BCUT2D eigenvalue weighted by molar-refractivity contribution is -0.124. The molecule has 0 spiro atoms. The lowest BCUT2D eigenvalue weighted by atomic mass is 10.0. The second-order valence-corrected chi connectivity index (χ2v) is 3.74. The molecular formula is C11H13FN2O. The molecule has 3 nitrogen and oxygen atoms in total. The lowest BCUT2D eigenvalue weighted by Crippen LogP contribution is -2.52. The highest BCUT2D eigenvalue weighted by Gasteiger charge is 2.24. The molecule has 1 unspecified atom stereocenters. The molecule has 1 aliphatic rings. The third-order valence-electron chi connectivity index (χ3n) is 2.60. The average Bonchev–Trinajstić information content (AvgIpc) is 2.23. The first-order valence-electron chi connectivity index (χ1n) is 4.96. The molecule has 4 heteroatoms. The van der Waals surface area contributed by atoms with E-state index in [1.807, 2.05) is 6.92 Å². The van der Waals surface area contributed by atoms with Gasteiger partial charge in [-0.15, -0.1) is 0 Å². The fourth-order valence-electron chi connectivity index (χ4n) is 1.70. The molecule has 0 radical (unpaired) electrons. The number of carbonyl (C=O) groups is 1. The minimum Gasteiger partial charge on any atom is -0.353 e. The number of amides is 1. The van der Waals surface area contributed by atoms with Crippen molar-refractivity contribution in [2.24, 2.45) is 0 Å². The summed E-state index contributed by atoms with van der Waals surface area (Å²) in [6.45, 7) is 2.36. The topological polar surface area (TPSA) is 41.1 Å². The number of piperazine rings is 1. The molecule has 1 saturated heterocycles. The summed E-state index contributed by atoms with van der Waals surface area (Å²) in [6.07, 6.45) is 0. The molecular weight excluding hydrogens is 195 g/mol. The molecule has 1 heterocycles. The summed E-state index contributed by atoms with van der Waals surface area (Å²) in [5.74, 6) is -0.236. The highest BCUT2D eigenvalue weighted by atomic mass is 19.1. The van der Waals surface area contributed by atoms with Gasteiger partial charge in [-0.25, -0.2) is 4.39 Å². The molecule has 2 atom stereocenters. The third-order valence-corrected chi connectivity index (χ3v) is 2.60. The first kappa shape index (κ1) is 10.1. The van der Waals surface area contributed by atoms with Crippen molar-refractivity contribution < 1.29 is 9.18 Å². The normalized spacial score (nSPS) is 26.1. The molecule has 1 aromatic carbocycles. The Kier molecular flexibility index (Phi) is 2.68. The van der Waals surface area contributed by atoms with Crippen LogP contribution in [0.5, 0.6) is 0 Å². The summed E-state index contributed by atoms with van der Waals surface area (Å²) in [4.78, 5) is 11.2. The van der Waals surface area contributed by atoms with Gasteiger partial charge >= 0.3 is 0 Å². The summed E-state index contributed by atoms with van der Waals surface area (Å²) >= 11 is 0. The van der Waals surface area contributed by atoms with Gasteiger partial charge in [-0.05, 0) is 24.6 Å². The van der Waals surface area contributed by atoms with Crippen molar-refractivity contribution >= 4 is 5.91 Å². The van der Waals surface area contributed by atoms with Gasteiger partial charge < -0.3 is 5.32 Å². The van der Waals surface area contributed by atoms with E-state index in [2.05, 4.69) is 10.6 Å². The van der Waals surface area contributed by atoms with E-state index in [0.717, 1.165) is 5.56 Å². The van der Waals surface area contributed by atoms with Gasteiger partial charge in [0.25, 0.3) is 0 Å². The van der Waals surface area contributed by atoms with Gasteiger partial charge in [0.2, 0.25) is 5.91 Å². The molecule has 1 amide bonds. The van der Waals surface area contributed by atoms with Crippen LogP contribution >= 0.6 is 0 Å². The van der Waals surface area contributed by atoms with Gasteiger partial charge in [-0.3, -0.25) is 10.1 Å². The van der Waals surface area contributed by atoms with Gasteiger partial charge in [-0.2, -0.15) is 0 Å². The minimum atomic E-state index is -0.244. The van der Waals surface area contributed by atoms with Gasteiger partial charge in [0.05, 0.1) is 12.1 Å². The van der Waals surface area contributed by atoms with Gasteiger partial charge in [0, 0.05) is 6.54 Å². The Morgan fingerprint density at radius 2 is 2.00 bits per heavy atom. The molecule has 1 aromatic rings. The van der Waals surface area contributed by atoms with Crippen LogP contribution in [0.15, 0.2) is 24.3 Å². The van der Waals surface area contributed by atoms with Crippen LogP contribution in [0.1, 0.15) is 18.5 Å². The highest BCUT2D eigenvalue weighted by Crippen LogP contribution is 2.15. The highest BCUT2D eigenvalue weighted by molar-refractivity contribution is 5.82. The van der Waals surface area contributed by atoms with Crippen LogP contribution in [0.3, 0.4) is 0 Å². The predicted octanol–water partition coefficient (Wildman–Crippen LogP) is 0.975. The Morgan fingerprint density at radius 3 is 2.60 bits per heavy atom. The standard InChI is InChI=1S/C11H13FN2O/c1-7-11(15)13-6-10(14-7)8-2-4-9(12)5-3-8/h2-5,7,10,14H,6H2,1H3,(H,13,15)/t7-,10?/m0/s1. The van der Waals surface area contributed by atoms with Crippen LogP contribution in [0.25, 0.3) is 0 Å². The van der Waals surface area contributed by atoms with E-state index in [1.165, 1.54) is 12.1 Å². The molecule has 0 bridgehead atoms. The lowest BCUT2D eigenvalue weighted by Gasteiger charge is -2.29. The Hall–Kier alpha value is -1.42. The Labute approximate surface area is 87.7 Å². The predicted molar refractivity (Wildman–Crippen MR) is 54.7 cm³/mol. The Morgan fingerprint density at radius 1 is 1.33 bits per heavy atom. The Bertz CT molecular complexity index is 363. The van der Waals surface area contributed by atoms with Crippen molar-refractivity contribution in [3.05, 3.63) is 35.6 Å². The van der Waals surface area contributed by atoms with Crippen molar-refractivity contribution in [2.75, 3.05) is 6.54 Å². The van der Waals surface area contributed by atoms with Crippen molar-refractivity contribution in [3.8, 4) is 0 Å². The van der Waals surface area contributed by atoms with E-state index < -0.39 is 0 Å². The molecule has 0 aromatic heterocycles. The molecule has 2 N–H and O–H groups in total. The first-order valence-corrected chi connectivity index (χ1v) is 4.96. The summed E-state index contributed by atoms with van der Waals surface area (Å²) < 4.78 is 12.7. The maximum atomic E-state index is 12.7. The number of rotatable bonds is 1. The summed E-state index contributed by atoms with van der Waals surface area (Å²) in [5, 5.41) is 5.97. The average molecular weight is 208 g/mol. The van der Waals surface area contributed by atoms with Crippen LogP contribution in [0, 0.1) is 5.82 Å². The minimum absolute atomic E-state index is 0.00774. The van der Waals surface area contributed by atoms with E-state index in [-0.39, 0.29) is 23.8 Å². The number of nitrogens with one attached hydrogen (secondary N) is 2. The van der Waals surface area contributed by atoms with Gasteiger partial charge in [-0.1, -0.05) is 12.1 Å². The monoisotopic (exact) mass is 208 g/mol. The van der Waals surface area contributed by atoms with E-state index >= 15 is 0 Å². The van der Waals surface area contributed by atoms with Crippen LogP contribution < -0.4 is 10.6 Å². The zero-order chi connectivity index (χ0) is 10.8. The number of benzene rings is 1. The molecule has 2 rings (SSSR count). The fraction of sp³-hybridized carbons (Fsp3) is 0.364. The van der Waals surface area contributed by atoms with Crippen molar-refractivity contribution in [2.45, 2.75) is 19.0 Å². The molecule has 15 heavy (non-hydrogen) atoms. The molecule has 1 aliphatic heterocycles. The summed E-state index contributed by atoms with van der Waals surface area (Å²) in [6, 6.07) is 6.19. The van der Waals surface area contributed by atoms with Crippen LogP contribution in [0.4, 0.5) is 4.39 Å². The smallest absolute Gasteiger partial charge is 0.236 e. The number of hydrogen-bond donors (Lipinski definition) is 2. The second kappa shape index (κ2) is 3.98. The SMILES string of the molecule is C[C@@H]1NC(c2ccc(F)cc2)CNC1=O. The number of hydrogen-bond acceptors (Lipinski definition) is 2. The van der Waals surface area contributed by atoms with Crippen molar-refractivity contribution in [3.63, 3.8) is 0 Å². The summed E-state index contributed by atoms with van der Waals surface area (Å²) in [5.41, 5.74) is 0.989. The molecule has 0 aliphatic carbocycles. The van der Waals surface area contributed by atoms with E-state index in [9.17, 15) is 9.18 Å². The zero-order valence-electron chi connectivity index (χ0n) is 8.46. The molecule has 0 saturated carbocycles. The molecule has 1 fully saturated rings. The van der Waals surface area contributed by atoms with Gasteiger partial charge in [0.1, 0.15) is 5.82 Å². The van der Waals surface area contributed by atoms with Crippen LogP contribution in [0.2, 0.25) is 0 Å². The Balaban J connectivity index is 2.12. The second-order valence-electron chi connectivity index (χ2n) is 3.74. The van der Waals surface area contributed by atoms with Gasteiger partial charge in [0.15, 0.2) is 0 Å². The zero-order valence-corrected chi connectivity index (χ0v) is 8.46. The quantitative estimate of drug-likeness (QED) is 0.722. The first-order chi connectivity index (χ1) is 7.16. The van der Waals surface area contributed by atoms with E-state index in [1.54, 1.807) is 12.1 Å². The largest absolute Gasteiger partial charge is 0.353 e. The fourth-order valence-corrected chi connectivity index (χ4v) is 1.70.